The monoisotopic (exact) mass is 335 g/mol. The van der Waals surface area contributed by atoms with E-state index in [9.17, 15) is 5.11 Å². The molecule has 5 heteroatoms. The Kier molecular flexibility index (Phi) is 3.76. The van der Waals surface area contributed by atoms with E-state index >= 15 is 0 Å². The van der Waals surface area contributed by atoms with Crippen LogP contribution in [-0.4, -0.2) is 20.3 Å². The van der Waals surface area contributed by atoms with Crippen molar-refractivity contribution in [3.8, 4) is 22.4 Å². The zero-order valence-electron chi connectivity index (χ0n) is 12.7. The fourth-order valence-electron chi connectivity index (χ4n) is 2.83. The lowest BCUT2D eigenvalue weighted by atomic mass is 9.99. The van der Waals surface area contributed by atoms with E-state index in [2.05, 4.69) is 15.2 Å². The molecular weight excluding hydrogens is 322 g/mol. The molecule has 4 aromatic rings. The maximum absolute atomic E-state index is 9.22. The van der Waals surface area contributed by atoms with E-state index in [1.165, 1.54) is 0 Å². The van der Waals surface area contributed by atoms with E-state index in [0.29, 0.717) is 5.02 Å². The van der Waals surface area contributed by atoms with Gasteiger partial charge in [-0.15, -0.1) is 0 Å². The topological polar surface area (TPSA) is 61.8 Å². The summed E-state index contributed by atoms with van der Waals surface area (Å²) in [6.45, 7) is 0.0332. The first-order valence-electron chi connectivity index (χ1n) is 7.55. The Balaban J connectivity index is 1.94. The van der Waals surface area contributed by atoms with Gasteiger partial charge >= 0.3 is 0 Å². The zero-order chi connectivity index (χ0) is 16.5. The summed E-state index contributed by atoms with van der Waals surface area (Å²) in [6, 6.07) is 17.4. The highest BCUT2D eigenvalue weighted by Crippen LogP contribution is 2.34. The number of aliphatic hydroxyl groups is 1. The lowest BCUT2D eigenvalue weighted by Gasteiger charge is -2.06. The van der Waals surface area contributed by atoms with Crippen molar-refractivity contribution in [3.63, 3.8) is 0 Å². The summed E-state index contributed by atoms with van der Waals surface area (Å²) in [7, 11) is 0. The Labute approximate surface area is 143 Å². The molecule has 0 aliphatic carbocycles. The second-order valence-corrected chi connectivity index (χ2v) is 5.96. The maximum atomic E-state index is 9.22. The van der Waals surface area contributed by atoms with Gasteiger partial charge in [0.1, 0.15) is 5.69 Å². The zero-order valence-corrected chi connectivity index (χ0v) is 13.5. The van der Waals surface area contributed by atoms with Crippen LogP contribution < -0.4 is 0 Å². The van der Waals surface area contributed by atoms with Crippen LogP contribution in [0, 0.1) is 0 Å². The molecule has 4 rings (SSSR count). The van der Waals surface area contributed by atoms with Crippen molar-refractivity contribution in [1.82, 2.24) is 15.2 Å². The molecule has 2 aromatic carbocycles. The molecule has 4 nitrogen and oxygen atoms in total. The fourth-order valence-corrected chi connectivity index (χ4v) is 3.02. The number of pyridine rings is 1. The van der Waals surface area contributed by atoms with E-state index in [4.69, 9.17) is 11.6 Å². The molecule has 2 N–H and O–H groups in total. The number of nitrogens with zero attached hydrogens (tertiary/aromatic N) is 2. The number of hydrogen-bond donors (Lipinski definition) is 2. The molecule has 2 heterocycles. The van der Waals surface area contributed by atoms with Crippen molar-refractivity contribution >= 4 is 22.6 Å². The van der Waals surface area contributed by atoms with Gasteiger partial charge in [-0.05, 0) is 34.9 Å². The number of hydrogen-bond acceptors (Lipinski definition) is 3. The van der Waals surface area contributed by atoms with Gasteiger partial charge in [-0.3, -0.25) is 5.10 Å². The van der Waals surface area contributed by atoms with Gasteiger partial charge in [-0.1, -0.05) is 48.0 Å². The Morgan fingerprint density at radius 3 is 2.58 bits per heavy atom. The van der Waals surface area contributed by atoms with Gasteiger partial charge in [0.05, 0.1) is 12.0 Å². The molecular formula is C19H14ClN3O. The highest BCUT2D eigenvalue weighted by molar-refractivity contribution is 6.30. The molecule has 0 aliphatic rings. The van der Waals surface area contributed by atoms with Gasteiger partial charge in [-0.25, -0.2) is 4.98 Å². The average Bonchev–Trinajstić information content (AvgIpc) is 3.06. The summed E-state index contributed by atoms with van der Waals surface area (Å²) in [6.07, 6.45) is 1.76. The molecule has 0 saturated heterocycles. The summed E-state index contributed by atoms with van der Waals surface area (Å²) < 4.78 is 0. The van der Waals surface area contributed by atoms with E-state index in [1.54, 1.807) is 6.20 Å². The predicted octanol–water partition coefficient (Wildman–Crippen LogP) is 4.44. The maximum Gasteiger partial charge on any atom is 0.156 e. The summed E-state index contributed by atoms with van der Waals surface area (Å²) in [5, 5.41) is 18.3. The van der Waals surface area contributed by atoms with Crippen LogP contribution in [0.3, 0.4) is 0 Å². The van der Waals surface area contributed by atoms with Crippen molar-refractivity contribution in [1.29, 1.82) is 0 Å². The van der Waals surface area contributed by atoms with Gasteiger partial charge in [0.25, 0.3) is 0 Å². The lowest BCUT2D eigenvalue weighted by Crippen LogP contribution is -1.86. The van der Waals surface area contributed by atoms with Crippen LogP contribution in [0.25, 0.3) is 33.4 Å². The average molecular weight is 336 g/mol. The van der Waals surface area contributed by atoms with E-state index in [-0.39, 0.29) is 6.61 Å². The molecule has 0 bridgehead atoms. The minimum absolute atomic E-state index is 0.0332. The first-order valence-corrected chi connectivity index (χ1v) is 7.93. The minimum atomic E-state index is 0.0332. The van der Waals surface area contributed by atoms with Gasteiger partial charge in [-0.2, -0.15) is 5.10 Å². The van der Waals surface area contributed by atoms with Gasteiger partial charge in [0.2, 0.25) is 0 Å². The largest absolute Gasteiger partial charge is 0.392 e. The van der Waals surface area contributed by atoms with Gasteiger partial charge in [0.15, 0.2) is 5.65 Å². The number of aliphatic hydroxyl groups excluding tert-OH is 1. The molecule has 24 heavy (non-hydrogen) atoms. The summed E-state index contributed by atoms with van der Waals surface area (Å²) in [5.41, 5.74) is 5.45. The number of halogens is 1. The molecule has 2 aromatic heterocycles. The Morgan fingerprint density at radius 1 is 1.00 bits per heavy atom. The third kappa shape index (κ3) is 2.56. The summed E-state index contributed by atoms with van der Waals surface area (Å²) in [4.78, 5) is 4.38. The smallest absolute Gasteiger partial charge is 0.156 e. The number of aromatic nitrogens is 3. The molecule has 0 amide bonds. The number of fused-ring (bicyclic) bond motifs is 1. The third-order valence-corrected chi connectivity index (χ3v) is 4.24. The van der Waals surface area contributed by atoms with Crippen LogP contribution in [0.15, 0.2) is 60.8 Å². The lowest BCUT2D eigenvalue weighted by molar-refractivity contribution is 0.282. The summed E-state index contributed by atoms with van der Waals surface area (Å²) in [5.74, 6) is 0. The normalized spacial score (nSPS) is 11.1. The van der Waals surface area contributed by atoms with E-state index < -0.39 is 0 Å². The van der Waals surface area contributed by atoms with Gasteiger partial charge < -0.3 is 5.11 Å². The second-order valence-electron chi connectivity index (χ2n) is 5.52. The summed E-state index contributed by atoms with van der Waals surface area (Å²) >= 11 is 6.13. The molecule has 0 aliphatic heterocycles. The number of benzene rings is 2. The molecule has 0 unspecified atom stereocenters. The Bertz CT molecular complexity index is 1010. The molecule has 0 fully saturated rings. The van der Waals surface area contributed by atoms with Crippen LogP contribution in [0.1, 0.15) is 5.56 Å². The fraction of sp³-hybridized carbons (Fsp3) is 0.0526. The van der Waals surface area contributed by atoms with Crippen LogP contribution in [-0.2, 0) is 6.61 Å². The Hall–Kier alpha value is -2.69. The third-order valence-electron chi connectivity index (χ3n) is 4.01. The predicted molar refractivity (Wildman–Crippen MR) is 95.7 cm³/mol. The van der Waals surface area contributed by atoms with Crippen molar-refractivity contribution < 1.29 is 5.11 Å². The number of nitrogens with one attached hydrogen (secondary N) is 1. The SMILES string of the molecule is OCc1ccc(-c2ccnc3[nH]nc(-c4cccc(Cl)c4)c23)cc1. The Morgan fingerprint density at radius 2 is 1.83 bits per heavy atom. The van der Waals surface area contributed by atoms with Crippen LogP contribution in [0.5, 0.6) is 0 Å². The van der Waals surface area contributed by atoms with E-state index in [1.807, 2.05) is 54.6 Å². The first-order chi connectivity index (χ1) is 11.8. The van der Waals surface area contributed by atoms with Crippen molar-refractivity contribution in [2.24, 2.45) is 0 Å². The van der Waals surface area contributed by atoms with Crippen molar-refractivity contribution in [2.45, 2.75) is 6.61 Å². The molecule has 0 spiro atoms. The minimum Gasteiger partial charge on any atom is -0.392 e. The highest BCUT2D eigenvalue weighted by Gasteiger charge is 2.14. The van der Waals surface area contributed by atoms with Crippen molar-refractivity contribution in [2.75, 3.05) is 0 Å². The molecule has 0 radical (unpaired) electrons. The van der Waals surface area contributed by atoms with Crippen LogP contribution in [0.2, 0.25) is 5.02 Å². The van der Waals surface area contributed by atoms with Crippen molar-refractivity contribution in [3.05, 3.63) is 71.4 Å². The van der Waals surface area contributed by atoms with E-state index in [0.717, 1.165) is 39.0 Å². The molecule has 0 atom stereocenters. The van der Waals surface area contributed by atoms with Crippen LogP contribution >= 0.6 is 11.6 Å². The first kappa shape index (κ1) is 14.9. The highest BCUT2D eigenvalue weighted by atomic mass is 35.5. The number of H-pyrrole nitrogens is 1. The number of rotatable bonds is 3. The van der Waals surface area contributed by atoms with Crippen LogP contribution in [0.4, 0.5) is 0 Å². The standard InChI is InChI=1S/C19H14ClN3O/c20-15-3-1-2-14(10-15)18-17-16(8-9-21-19(17)23-22-18)13-6-4-12(11-24)5-7-13/h1-10,24H,11H2,(H,21,22,23). The quantitative estimate of drug-likeness (QED) is 0.582. The number of aromatic amines is 1. The molecule has 118 valence electrons. The van der Waals surface area contributed by atoms with Gasteiger partial charge in [0, 0.05) is 16.8 Å². The molecule has 0 saturated carbocycles. The second kappa shape index (κ2) is 6.07.